The van der Waals surface area contributed by atoms with Crippen molar-refractivity contribution < 1.29 is 4.74 Å². The molecule has 1 heterocycles. The minimum atomic E-state index is 0.365. The van der Waals surface area contributed by atoms with Crippen molar-refractivity contribution in [3.8, 4) is 16.9 Å². The molecular formula is C13H16BrN3O. The number of benzene rings is 1. The summed E-state index contributed by atoms with van der Waals surface area (Å²) in [5, 5.41) is 6.69. The van der Waals surface area contributed by atoms with Crippen LogP contribution in [-0.4, -0.2) is 17.3 Å². The fourth-order valence-electron chi connectivity index (χ4n) is 1.94. The van der Waals surface area contributed by atoms with Crippen LogP contribution in [0.1, 0.15) is 25.3 Å². The number of ether oxygens (including phenoxy) is 1. The highest BCUT2D eigenvalue weighted by Gasteiger charge is 2.15. The van der Waals surface area contributed by atoms with E-state index in [1.165, 1.54) is 0 Å². The fourth-order valence-corrected chi connectivity index (χ4v) is 2.58. The van der Waals surface area contributed by atoms with Gasteiger partial charge in [0.25, 0.3) is 0 Å². The first kappa shape index (κ1) is 13.0. The lowest BCUT2D eigenvalue weighted by Crippen LogP contribution is -1.97. The molecule has 3 N–H and O–H groups in total. The van der Waals surface area contributed by atoms with Crippen LogP contribution in [-0.2, 0) is 0 Å². The summed E-state index contributed by atoms with van der Waals surface area (Å²) in [6, 6.07) is 4.08. The Balaban J connectivity index is 2.62. The van der Waals surface area contributed by atoms with Crippen LogP contribution in [0.5, 0.6) is 5.75 Å². The first-order valence-corrected chi connectivity index (χ1v) is 6.50. The molecule has 96 valence electrons. The zero-order valence-corrected chi connectivity index (χ0v) is 12.2. The molecule has 0 saturated carbocycles. The van der Waals surface area contributed by atoms with Crippen molar-refractivity contribution in [3.63, 3.8) is 0 Å². The molecule has 0 unspecified atom stereocenters. The van der Waals surface area contributed by atoms with E-state index in [2.05, 4.69) is 46.0 Å². The molecule has 1 aromatic carbocycles. The predicted molar refractivity (Wildman–Crippen MR) is 76.8 cm³/mol. The number of halogens is 1. The van der Waals surface area contributed by atoms with Gasteiger partial charge in [0.1, 0.15) is 11.6 Å². The van der Waals surface area contributed by atoms with E-state index in [0.717, 1.165) is 26.9 Å². The molecule has 5 heteroatoms. The monoisotopic (exact) mass is 309 g/mol. The number of nitrogens with zero attached hydrogens (tertiary/aromatic N) is 1. The largest absolute Gasteiger partial charge is 0.495 e. The van der Waals surface area contributed by atoms with Crippen LogP contribution in [0, 0.1) is 0 Å². The van der Waals surface area contributed by atoms with Gasteiger partial charge in [0.2, 0.25) is 0 Å². The van der Waals surface area contributed by atoms with Crippen LogP contribution >= 0.6 is 15.9 Å². The van der Waals surface area contributed by atoms with Gasteiger partial charge in [-0.05, 0) is 45.1 Å². The Morgan fingerprint density at radius 2 is 2.11 bits per heavy atom. The van der Waals surface area contributed by atoms with E-state index in [4.69, 9.17) is 10.5 Å². The Kier molecular flexibility index (Phi) is 3.61. The average molecular weight is 310 g/mol. The summed E-state index contributed by atoms with van der Waals surface area (Å²) in [5.41, 5.74) is 8.92. The van der Waals surface area contributed by atoms with Crippen molar-refractivity contribution in [2.75, 3.05) is 12.8 Å². The smallest absolute Gasteiger partial charge is 0.136 e. The molecule has 0 atom stereocenters. The van der Waals surface area contributed by atoms with Crippen molar-refractivity contribution in [2.24, 2.45) is 0 Å². The lowest BCUT2D eigenvalue weighted by Gasteiger charge is -2.15. The number of hydrogen-bond acceptors (Lipinski definition) is 3. The zero-order valence-electron chi connectivity index (χ0n) is 10.6. The quantitative estimate of drug-likeness (QED) is 0.911. The Morgan fingerprint density at radius 1 is 1.39 bits per heavy atom. The van der Waals surface area contributed by atoms with Crippen LogP contribution < -0.4 is 10.5 Å². The first-order valence-electron chi connectivity index (χ1n) is 5.71. The van der Waals surface area contributed by atoms with E-state index < -0.39 is 0 Å². The molecule has 0 amide bonds. The Hall–Kier alpha value is -1.49. The predicted octanol–water partition coefficient (Wildman–Crippen LogP) is 3.55. The van der Waals surface area contributed by atoms with Gasteiger partial charge in [0.05, 0.1) is 17.8 Å². The highest BCUT2D eigenvalue weighted by molar-refractivity contribution is 9.10. The highest BCUT2D eigenvalue weighted by atomic mass is 79.9. The Labute approximate surface area is 115 Å². The molecule has 0 radical (unpaired) electrons. The van der Waals surface area contributed by atoms with Crippen molar-refractivity contribution in [1.82, 2.24) is 10.2 Å². The third kappa shape index (κ3) is 2.22. The number of aromatic amines is 1. The first-order chi connectivity index (χ1) is 8.54. The van der Waals surface area contributed by atoms with E-state index in [9.17, 15) is 0 Å². The summed E-state index contributed by atoms with van der Waals surface area (Å²) >= 11 is 3.54. The summed E-state index contributed by atoms with van der Waals surface area (Å²) in [5.74, 6) is 1.81. The fraction of sp³-hybridized carbons (Fsp3) is 0.308. The molecule has 0 spiro atoms. The molecule has 1 aromatic heterocycles. The number of methoxy groups -OCH3 is 1. The van der Waals surface area contributed by atoms with E-state index in [1.807, 2.05) is 6.07 Å². The Bertz CT molecular complexity index is 563. The lowest BCUT2D eigenvalue weighted by atomic mass is 9.97. The third-order valence-electron chi connectivity index (χ3n) is 2.88. The molecule has 0 saturated heterocycles. The third-order valence-corrected chi connectivity index (χ3v) is 3.47. The summed E-state index contributed by atoms with van der Waals surface area (Å²) in [6.45, 7) is 4.26. The molecule has 18 heavy (non-hydrogen) atoms. The van der Waals surface area contributed by atoms with Crippen LogP contribution in [0.15, 0.2) is 22.8 Å². The molecule has 4 nitrogen and oxygen atoms in total. The van der Waals surface area contributed by atoms with E-state index in [1.54, 1.807) is 13.3 Å². The molecule has 0 fully saturated rings. The maximum Gasteiger partial charge on any atom is 0.136 e. The zero-order chi connectivity index (χ0) is 13.3. The number of anilines is 1. The van der Waals surface area contributed by atoms with Gasteiger partial charge in [0.15, 0.2) is 0 Å². The topological polar surface area (TPSA) is 63.9 Å². The summed E-state index contributed by atoms with van der Waals surface area (Å²) in [4.78, 5) is 0. The highest BCUT2D eigenvalue weighted by Crippen LogP contribution is 2.38. The normalized spacial score (nSPS) is 10.9. The molecule has 0 aliphatic carbocycles. The van der Waals surface area contributed by atoms with Crippen LogP contribution in [0.3, 0.4) is 0 Å². The number of rotatable bonds is 3. The minimum absolute atomic E-state index is 0.365. The molecular weight excluding hydrogens is 294 g/mol. The van der Waals surface area contributed by atoms with Crippen molar-refractivity contribution in [3.05, 3.63) is 28.4 Å². The molecule has 0 aliphatic rings. The standard InChI is InChI=1S/C13H16BrN3O/c1-7(2)9-4-8(5-11(14)12(9)18-3)10-6-16-17-13(10)15/h4-7H,1-3H3,(H3,15,16,17). The van der Waals surface area contributed by atoms with Crippen molar-refractivity contribution in [1.29, 1.82) is 0 Å². The molecule has 2 aromatic rings. The Morgan fingerprint density at radius 3 is 2.61 bits per heavy atom. The number of aromatic nitrogens is 2. The van der Waals surface area contributed by atoms with Crippen LogP contribution in [0.2, 0.25) is 0 Å². The van der Waals surface area contributed by atoms with Crippen molar-refractivity contribution in [2.45, 2.75) is 19.8 Å². The van der Waals surface area contributed by atoms with Gasteiger partial charge in [-0.2, -0.15) is 5.10 Å². The lowest BCUT2D eigenvalue weighted by molar-refractivity contribution is 0.405. The van der Waals surface area contributed by atoms with Gasteiger partial charge < -0.3 is 10.5 Å². The van der Waals surface area contributed by atoms with Crippen LogP contribution in [0.25, 0.3) is 11.1 Å². The van der Waals surface area contributed by atoms with Gasteiger partial charge in [-0.15, -0.1) is 0 Å². The molecule has 0 bridgehead atoms. The number of nitrogens with two attached hydrogens (primary N) is 1. The summed E-state index contributed by atoms with van der Waals surface area (Å²) in [7, 11) is 1.68. The molecule has 0 aliphatic heterocycles. The van der Waals surface area contributed by atoms with Crippen LogP contribution in [0.4, 0.5) is 5.82 Å². The average Bonchev–Trinajstić information content (AvgIpc) is 2.74. The van der Waals surface area contributed by atoms with Gasteiger partial charge in [-0.3, -0.25) is 5.10 Å². The number of nitrogens with one attached hydrogen (secondary N) is 1. The van der Waals surface area contributed by atoms with E-state index in [0.29, 0.717) is 11.7 Å². The van der Waals surface area contributed by atoms with Gasteiger partial charge in [-0.25, -0.2) is 0 Å². The van der Waals surface area contributed by atoms with E-state index >= 15 is 0 Å². The molecule has 2 rings (SSSR count). The summed E-state index contributed by atoms with van der Waals surface area (Å²) < 4.78 is 6.36. The second-order valence-corrected chi connectivity index (χ2v) is 5.29. The number of hydrogen-bond donors (Lipinski definition) is 2. The maximum absolute atomic E-state index is 5.85. The van der Waals surface area contributed by atoms with Gasteiger partial charge in [0, 0.05) is 5.56 Å². The van der Waals surface area contributed by atoms with Crippen molar-refractivity contribution >= 4 is 21.7 Å². The SMILES string of the molecule is COc1c(Br)cc(-c2cn[nH]c2N)cc1C(C)C. The number of H-pyrrole nitrogens is 1. The van der Waals surface area contributed by atoms with E-state index in [-0.39, 0.29) is 0 Å². The second kappa shape index (κ2) is 5.02. The van der Waals surface area contributed by atoms with Gasteiger partial charge in [-0.1, -0.05) is 13.8 Å². The maximum atomic E-state index is 5.85. The minimum Gasteiger partial charge on any atom is -0.495 e. The number of nitrogen functional groups attached to an aromatic ring is 1. The second-order valence-electron chi connectivity index (χ2n) is 4.43. The summed E-state index contributed by atoms with van der Waals surface area (Å²) in [6.07, 6.45) is 1.73. The van der Waals surface area contributed by atoms with Gasteiger partial charge >= 0.3 is 0 Å².